The van der Waals surface area contributed by atoms with Gasteiger partial charge < -0.3 is 5.73 Å². The lowest BCUT2D eigenvalue weighted by Gasteiger charge is -2.18. The van der Waals surface area contributed by atoms with Crippen molar-refractivity contribution in [2.75, 3.05) is 0 Å². The number of hydrogen-bond donors (Lipinski definition) is 1. The number of thiophene rings is 1. The predicted octanol–water partition coefficient (Wildman–Crippen LogP) is 3.71. The number of nitrogens with two attached hydrogens (primary N) is 1. The molecule has 0 aliphatic heterocycles. The summed E-state index contributed by atoms with van der Waals surface area (Å²) in [6, 6.07) is 4.29. The molecular weight excluding hydrogens is 214 g/mol. The molecule has 3 heteroatoms. The van der Waals surface area contributed by atoms with Crippen molar-refractivity contribution >= 4 is 22.9 Å². The summed E-state index contributed by atoms with van der Waals surface area (Å²) in [5.41, 5.74) is 6.11. The average Bonchev–Trinajstić information content (AvgIpc) is 2.51. The molecule has 0 fully saturated rings. The van der Waals surface area contributed by atoms with Crippen LogP contribution in [0.1, 0.15) is 31.6 Å². The van der Waals surface area contributed by atoms with Gasteiger partial charge in [-0.05, 0) is 30.9 Å². The van der Waals surface area contributed by atoms with Crippen LogP contribution in [0.15, 0.2) is 12.1 Å². The average molecular weight is 232 g/mol. The van der Waals surface area contributed by atoms with Gasteiger partial charge in [-0.2, -0.15) is 0 Å². The van der Waals surface area contributed by atoms with Gasteiger partial charge in [0.2, 0.25) is 0 Å². The predicted molar refractivity (Wildman–Crippen MR) is 65.1 cm³/mol. The van der Waals surface area contributed by atoms with Crippen LogP contribution in [-0.2, 0) is 6.42 Å². The van der Waals surface area contributed by atoms with E-state index in [9.17, 15) is 0 Å². The smallest absolute Gasteiger partial charge is 0.0931 e. The van der Waals surface area contributed by atoms with E-state index in [0.717, 1.165) is 10.8 Å². The van der Waals surface area contributed by atoms with Crippen LogP contribution < -0.4 is 5.73 Å². The molecule has 2 unspecified atom stereocenters. The highest BCUT2D eigenvalue weighted by atomic mass is 35.5. The van der Waals surface area contributed by atoms with E-state index in [-0.39, 0.29) is 6.04 Å². The lowest BCUT2D eigenvalue weighted by Crippen LogP contribution is -2.30. The van der Waals surface area contributed by atoms with Gasteiger partial charge in [0.25, 0.3) is 0 Å². The molecule has 1 nitrogen and oxygen atoms in total. The molecule has 0 radical (unpaired) electrons. The molecule has 14 heavy (non-hydrogen) atoms. The molecule has 0 spiro atoms. The molecule has 0 aliphatic rings. The maximum atomic E-state index is 6.11. The van der Waals surface area contributed by atoms with E-state index in [2.05, 4.69) is 19.9 Å². The largest absolute Gasteiger partial charge is 0.327 e. The number of halogens is 1. The Balaban J connectivity index is 2.43. The van der Waals surface area contributed by atoms with Gasteiger partial charge in [0.05, 0.1) is 4.34 Å². The zero-order valence-corrected chi connectivity index (χ0v) is 10.4. The molecular formula is C11H18ClNS. The summed E-state index contributed by atoms with van der Waals surface area (Å²) in [6.45, 7) is 4.43. The van der Waals surface area contributed by atoms with E-state index in [1.807, 2.05) is 6.07 Å². The second kappa shape index (κ2) is 5.74. The number of rotatable bonds is 5. The molecule has 1 heterocycles. The molecule has 0 bridgehead atoms. The third-order valence-electron chi connectivity index (χ3n) is 2.54. The zero-order chi connectivity index (χ0) is 10.6. The summed E-state index contributed by atoms with van der Waals surface area (Å²) in [6.07, 6.45) is 3.37. The highest BCUT2D eigenvalue weighted by Crippen LogP contribution is 2.24. The minimum absolute atomic E-state index is 0.268. The van der Waals surface area contributed by atoms with Crippen LogP contribution >= 0.6 is 22.9 Å². The molecule has 0 saturated heterocycles. The Hall–Kier alpha value is -0.0500. The fourth-order valence-electron chi connectivity index (χ4n) is 1.56. The molecule has 80 valence electrons. The zero-order valence-electron chi connectivity index (χ0n) is 8.79. The van der Waals surface area contributed by atoms with Crippen LogP contribution in [0.3, 0.4) is 0 Å². The van der Waals surface area contributed by atoms with E-state index in [1.54, 1.807) is 11.3 Å². The van der Waals surface area contributed by atoms with Crippen LogP contribution in [-0.4, -0.2) is 6.04 Å². The maximum Gasteiger partial charge on any atom is 0.0931 e. The third-order valence-corrected chi connectivity index (χ3v) is 3.79. The second-order valence-corrected chi connectivity index (χ2v) is 5.64. The van der Waals surface area contributed by atoms with Crippen molar-refractivity contribution < 1.29 is 0 Å². The van der Waals surface area contributed by atoms with Gasteiger partial charge >= 0.3 is 0 Å². The highest BCUT2D eigenvalue weighted by Gasteiger charge is 2.13. The van der Waals surface area contributed by atoms with Gasteiger partial charge in [-0.3, -0.25) is 0 Å². The topological polar surface area (TPSA) is 26.0 Å². The normalized spacial score (nSPS) is 15.4. The highest BCUT2D eigenvalue weighted by molar-refractivity contribution is 7.16. The Morgan fingerprint density at radius 2 is 2.21 bits per heavy atom. The quantitative estimate of drug-likeness (QED) is 0.822. The van der Waals surface area contributed by atoms with Crippen LogP contribution in [0.5, 0.6) is 0 Å². The SMILES string of the molecule is CCCC(C)C(N)Cc1ccc(Cl)s1. The number of hydrogen-bond acceptors (Lipinski definition) is 2. The first-order valence-corrected chi connectivity index (χ1v) is 6.32. The molecule has 0 aromatic carbocycles. The molecule has 0 aliphatic carbocycles. The molecule has 1 rings (SSSR count). The van der Waals surface area contributed by atoms with E-state index in [4.69, 9.17) is 17.3 Å². The fraction of sp³-hybridized carbons (Fsp3) is 0.636. The minimum atomic E-state index is 0.268. The summed E-state index contributed by atoms with van der Waals surface area (Å²) in [5.74, 6) is 0.598. The van der Waals surface area contributed by atoms with Crippen LogP contribution in [0.2, 0.25) is 4.34 Å². The molecule has 2 N–H and O–H groups in total. The summed E-state index contributed by atoms with van der Waals surface area (Å²) >= 11 is 7.50. The van der Waals surface area contributed by atoms with Crippen LogP contribution in [0.25, 0.3) is 0 Å². The fourth-order valence-corrected chi connectivity index (χ4v) is 2.72. The van der Waals surface area contributed by atoms with E-state index < -0.39 is 0 Å². The van der Waals surface area contributed by atoms with Gasteiger partial charge in [-0.25, -0.2) is 0 Å². The van der Waals surface area contributed by atoms with E-state index >= 15 is 0 Å². The Morgan fingerprint density at radius 1 is 1.50 bits per heavy atom. The maximum absolute atomic E-state index is 6.11. The van der Waals surface area contributed by atoms with Crippen LogP contribution in [0.4, 0.5) is 0 Å². The summed E-state index contributed by atoms with van der Waals surface area (Å²) < 4.78 is 0.857. The monoisotopic (exact) mass is 231 g/mol. The first-order chi connectivity index (χ1) is 6.63. The Morgan fingerprint density at radius 3 is 2.71 bits per heavy atom. The van der Waals surface area contributed by atoms with Gasteiger partial charge in [0.15, 0.2) is 0 Å². The summed E-state index contributed by atoms with van der Waals surface area (Å²) in [4.78, 5) is 1.30. The lowest BCUT2D eigenvalue weighted by molar-refractivity contribution is 0.421. The van der Waals surface area contributed by atoms with Crippen molar-refractivity contribution in [3.63, 3.8) is 0 Å². The molecule has 1 aromatic heterocycles. The van der Waals surface area contributed by atoms with E-state index in [1.165, 1.54) is 17.7 Å². The molecule has 1 aromatic rings. The van der Waals surface area contributed by atoms with Gasteiger partial charge in [0.1, 0.15) is 0 Å². The minimum Gasteiger partial charge on any atom is -0.327 e. The van der Waals surface area contributed by atoms with E-state index in [0.29, 0.717) is 5.92 Å². The first-order valence-electron chi connectivity index (χ1n) is 5.13. The Bertz CT molecular complexity index is 272. The molecule has 0 saturated carbocycles. The van der Waals surface area contributed by atoms with Crippen molar-refractivity contribution in [1.29, 1.82) is 0 Å². The lowest BCUT2D eigenvalue weighted by atomic mass is 9.95. The Kier molecular flexibility index (Phi) is 4.93. The second-order valence-electron chi connectivity index (χ2n) is 3.84. The van der Waals surface area contributed by atoms with Crippen molar-refractivity contribution in [3.8, 4) is 0 Å². The van der Waals surface area contributed by atoms with Crippen molar-refractivity contribution in [2.45, 2.75) is 39.2 Å². The molecule has 0 amide bonds. The van der Waals surface area contributed by atoms with Crippen molar-refractivity contribution in [3.05, 3.63) is 21.3 Å². The summed E-state index contributed by atoms with van der Waals surface area (Å²) in [7, 11) is 0. The third kappa shape index (κ3) is 3.60. The molecule has 2 atom stereocenters. The van der Waals surface area contributed by atoms with Crippen LogP contribution in [0, 0.1) is 5.92 Å². The van der Waals surface area contributed by atoms with Crippen molar-refractivity contribution in [1.82, 2.24) is 0 Å². The Labute approximate surface area is 95.3 Å². The van der Waals surface area contributed by atoms with Gasteiger partial charge in [-0.15, -0.1) is 11.3 Å². The standard InChI is InChI=1S/C11H18ClNS/c1-3-4-8(2)10(13)7-9-5-6-11(12)14-9/h5-6,8,10H,3-4,7,13H2,1-2H3. The first kappa shape index (κ1) is 12.0. The van der Waals surface area contributed by atoms with Gasteiger partial charge in [0, 0.05) is 10.9 Å². The summed E-state index contributed by atoms with van der Waals surface area (Å²) in [5, 5.41) is 0. The van der Waals surface area contributed by atoms with Gasteiger partial charge in [-0.1, -0.05) is 31.9 Å². The van der Waals surface area contributed by atoms with Crippen molar-refractivity contribution in [2.24, 2.45) is 11.7 Å².